The quantitative estimate of drug-likeness (QED) is 0.564. The van der Waals surface area contributed by atoms with Crippen molar-refractivity contribution in [3.8, 4) is 0 Å². The second-order valence-corrected chi connectivity index (χ2v) is 10.0. The Labute approximate surface area is 192 Å². The lowest BCUT2D eigenvalue weighted by Crippen LogP contribution is -2.34. The maximum atomic E-state index is 13.0. The van der Waals surface area contributed by atoms with Crippen molar-refractivity contribution in [1.29, 1.82) is 0 Å². The summed E-state index contributed by atoms with van der Waals surface area (Å²) in [5.41, 5.74) is 4.06. The zero-order chi connectivity index (χ0) is 21.3. The molecule has 4 rings (SSSR count). The van der Waals surface area contributed by atoms with Gasteiger partial charge in [0.25, 0.3) is 5.91 Å². The summed E-state index contributed by atoms with van der Waals surface area (Å²) < 4.78 is 1.02. The van der Waals surface area contributed by atoms with E-state index in [0.29, 0.717) is 11.8 Å². The topological polar surface area (TPSA) is 35.6 Å². The molecule has 2 aliphatic rings. The molecule has 1 N–H and O–H groups in total. The van der Waals surface area contributed by atoms with Crippen LogP contribution in [0.1, 0.15) is 27.9 Å². The first kappa shape index (κ1) is 21.7. The van der Waals surface area contributed by atoms with Gasteiger partial charge in [-0.05, 0) is 80.1 Å². The largest absolute Gasteiger partial charge is 0.385 e. The maximum absolute atomic E-state index is 13.0. The molecule has 0 aromatic heterocycles. The number of hydrogen-bond acceptors (Lipinski definition) is 3. The van der Waals surface area contributed by atoms with Crippen LogP contribution in [-0.2, 0) is 0 Å². The van der Waals surface area contributed by atoms with Crippen LogP contribution >= 0.6 is 27.5 Å². The van der Waals surface area contributed by atoms with Gasteiger partial charge in [0, 0.05) is 53.5 Å². The first-order valence-electron chi connectivity index (χ1n) is 10.7. The van der Waals surface area contributed by atoms with E-state index in [-0.39, 0.29) is 5.91 Å². The fourth-order valence-corrected chi connectivity index (χ4v) is 5.37. The SMILES string of the molecule is Cc1ccc(NCCCN2CC3CN(C(=O)c4ccc(Br)cc4C)CC3C2)cc1Cl. The number of carbonyl (C=O) groups is 1. The molecule has 0 bridgehead atoms. The van der Waals surface area contributed by atoms with E-state index in [2.05, 4.69) is 43.2 Å². The highest BCUT2D eigenvalue weighted by Gasteiger charge is 2.41. The highest BCUT2D eigenvalue weighted by atomic mass is 79.9. The molecular formula is C24H29BrClN3O. The van der Waals surface area contributed by atoms with E-state index in [1.807, 2.05) is 38.1 Å². The molecule has 2 atom stereocenters. The average molecular weight is 491 g/mol. The van der Waals surface area contributed by atoms with Crippen LogP contribution < -0.4 is 5.32 Å². The second-order valence-electron chi connectivity index (χ2n) is 8.69. The van der Waals surface area contributed by atoms with Crippen molar-refractivity contribution in [3.63, 3.8) is 0 Å². The lowest BCUT2D eigenvalue weighted by Gasteiger charge is -2.22. The Bertz CT molecular complexity index is 921. The molecule has 0 spiro atoms. The van der Waals surface area contributed by atoms with Crippen molar-refractivity contribution >= 4 is 39.1 Å². The van der Waals surface area contributed by atoms with E-state index in [9.17, 15) is 4.79 Å². The van der Waals surface area contributed by atoms with Crippen LogP contribution in [0.4, 0.5) is 5.69 Å². The molecule has 2 unspecified atom stereocenters. The molecule has 2 aromatic carbocycles. The molecule has 6 heteroatoms. The summed E-state index contributed by atoms with van der Waals surface area (Å²) in [4.78, 5) is 17.6. The van der Waals surface area contributed by atoms with Gasteiger partial charge in [-0.25, -0.2) is 0 Å². The van der Waals surface area contributed by atoms with Gasteiger partial charge in [-0.15, -0.1) is 0 Å². The standard InChI is InChI=1S/C24H29BrClN3O/c1-16-4-6-21(11-23(16)26)27-8-3-9-28-12-18-14-29(15-19(18)13-28)24(30)22-7-5-20(25)10-17(22)2/h4-7,10-11,18-19,27H,3,8-9,12-15H2,1-2H3. The summed E-state index contributed by atoms with van der Waals surface area (Å²) >= 11 is 9.67. The van der Waals surface area contributed by atoms with Crippen molar-refractivity contribution in [2.24, 2.45) is 11.8 Å². The van der Waals surface area contributed by atoms with E-state index in [4.69, 9.17) is 11.6 Å². The summed E-state index contributed by atoms with van der Waals surface area (Å²) in [5.74, 6) is 1.39. The smallest absolute Gasteiger partial charge is 0.254 e. The number of nitrogens with one attached hydrogen (secondary N) is 1. The number of aryl methyl sites for hydroxylation is 2. The molecule has 2 aromatic rings. The molecule has 160 valence electrons. The summed E-state index contributed by atoms with van der Waals surface area (Å²) in [7, 11) is 0. The second kappa shape index (κ2) is 9.29. The van der Waals surface area contributed by atoms with Crippen LogP contribution in [0.15, 0.2) is 40.9 Å². The number of likely N-dealkylation sites (tertiary alicyclic amines) is 2. The molecule has 0 saturated carbocycles. The predicted molar refractivity (Wildman–Crippen MR) is 127 cm³/mol. The van der Waals surface area contributed by atoms with Crippen LogP contribution in [0.5, 0.6) is 0 Å². The van der Waals surface area contributed by atoms with E-state index in [1.165, 1.54) is 0 Å². The van der Waals surface area contributed by atoms with Gasteiger partial charge in [0.15, 0.2) is 0 Å². The van der Waals surface area contributed by atoms with Crippen molar-refractivity contribution in [2.75, 3.05) is 44.6 Å². The van der Waals surface area contributed by atoms with Gasteiger partial charge < -0.3 is 15.1 Å². The third-order valence-electron chi connectivity index (χ3n) is 6.42. The third-order valence-corrected chi connectivity index (χ3v) is 7.32. The van der Waals surface area contributed by atoms with Gasteiger partial charge in [-0.2, -0.15) is 0 Å². The van der Waals surface area contributed by atoms with Crippen LogP contribution in [-0.4, -0.2) is 55.0 Å². The fourth-order valence-electron chi connectivity index (χ4n) is 4.71. The maximum Gasteiger partial charge on any atom is 0.254 e. The number of benzene rings is 2. The van der Waals surface area contributed by atoms with Crippen LogP contribution in [0.25, 0.3) is 0 Å². The Kier molecular flexibility index (Phi) is 6.71. The van der Waals surface area contributed by atoms with E-state index in [0.717, 1.165) is 77.6 Å². The van der Waals surface area contributed by atoms with Gasteiger partial charge in [0.05, 0.1) is 0 Å². The summed E-state index contributed by atoms with van der Waals surface area (Å²) in [6.07, 6.45) is 1.10. The Morgan fingerprint density at radius 3 is 2.47 bits per heavy atom. The normalized spacial score (nSPS) is 21.1. The number of rotatable bonds is 6. The molecule has 30 heavy (non-hydrogen) atoms. The Hall–Kier alpha value is -1.56. The number of hydrogen-bond donors (Lipinski definition) is 1. The van der Waals surface area contributed by atoms with Crippen LogP contribution in [0.2, 0.25) is 5.02 Å². The van der Waals surface area contributed by atoms with Gasteiger partial charge in [0.1, 0.15) is 0 Å². The Morgan fingerprint density at radius 2 is 1.80 bits per heavy atom. The molecule has 0 aliphatic carbocycles. The molecule has 2 heterocycles. The number of halogens is 2. The summed E-state index contributed by atoms with van der Waals surface area (Å²) in [5, 5.41) is 4.28. The molecule has 2 fully saturated rings. The number of carbonyl (C=O) groups excluding carboxylic acids is 1. The lowest BCUT2D eigenvalue weighted by atomic mass is 10.0. The highest BCUT2D eigenvalue weighted by molar-refractivity contribution is 9.10. The molecular weight excluding hydrogens is 462 g/mol. The number of amides is 1. The minimum absolute atomic E-state index is 0.182. The lowest BCUT2D eigenvalue weighted by molar-refractivity contribution is 0.0773. The van der Waals surface area contributed by atoms with Crippen LogP contribution in [0, 0.1) is 25.7 Å². The summed E-state index contributed by atoms with van der Waals surface area (Å²) in [6.45, 7) is 10.0. The van der Waals surface area contributed by atoms with Crippen molar-refractivity contribution < 1.29 is 4.79 Å². The van der Waals surface area contributed by atoms with Gasteiger partial charge in [-0.3, -0.25) is 4.79 Å². The van der Waals surface area contributed by atoms with Crippen molar-refractivity contribution in [3.05, 3.63) is 62.6 Å². The van der Waals surface area contributed by atoms with Gasteiger partial charge in [0.2, 0.25) is 0 Å². The fraction of sp³-hybridized carbons (Fsp3) is 0.458. The highest BCUT2D eigenvalue weighted by Crippen LogP contribution is 2.32. The molecule has 2 saturated heterocycles. The number of fused-ring (bicyclic) bond motifs is 1. The zero-order valence-corrected chi connectivity index (χ0v) is 20.0. The number of anilines is 1. The van der Waals surface area contributed by atoms with Gasteiger partial charge >= 0.3 is 0 Å². The Morgan fingerprint density at radius 1 is 1.07 bits per heavy atom. The number of nitrogens with zero attached hydrogens (tertiary/aromatic N) is 2. The van der Waals surface area contributed by atoms with E-state index >= 15 is 0 Å². The van der Waals surface area contributed by atoms with Crippen molar-refractivity contribution in [1.82, 2.24) is 9.80 Å². The first-order chi connectivity index (χ1) is 14.4. The third kappa shape index (κ3) is 4.84. The zero-order valence-electron chi connectivity index (χ0n) is 17.6. The average Bonchev–Trinajstić information content (AvgIpc) is 3.26. The molecule has 2 aliphatic heterocycles. The van der Waals surface area contributed by atoms with Crippen LogP contribution in [0.3, 0.4) is 0 Å². The van der Waals surface area contributed by atoms with E-state index in [1.54, 1.807) is 0 Å². The minimum atomic E-state index is 0.182. The van der Waals surface area contributed by atoms with E-state index < -0.39 is 0 Å². The van der Waals surface area contributed by atoms with Gasteiger partial charge in [-0.1, -0.05) is 33.6 Å². The molecule has 0 radical (unpaired) electrons. The predicted octanol–water partition coefficient (Wildman–Crippen LogP) is 5.23. The minimum Gasteiger partial charge on any atom is -0.385 e. The first-order valence-corrected chi connectivity index (χ1v) is 11.9. The summed E-state index contributed by atoms with van der Waals surface area (Å²) in [6, 6.07) is 12.0. The Balaban J connectivity index is 1.21. The van der Waals surface area contributed by atoms with Crippen molar-refractivity contribution in [2.45, 2.75) is 20.3 Å². The molecule has 1 amide bonds. The molecule has 4 nitrogen and oxygen atoms in total. The monoisotopic (exact) mass is 489 g/mol.